The molecule has 0 saturated heterocycles. The van der Waals surface area contributed by atoms with Crippen molar-refractivity contribution in [2.45, 2.75) is 32.5 Å². The largest absolute Gasteiger partial charge is 0.435 e. The molecule has 1 aliphatic heterocycles. The maximum Gasteiger partial charge on any atom is 0.435 e. The molecule has 1 aromatic rings. The monoisotopic (exact) mass is 247 g/mol. The molecule has 0 spiro atoms. The number of nitrogens with zero attached hydrogens (tertiary/aromatic N) is 2. The third-order valence-corrected chi connectivity index (χ3v) is 2.64. The van der Waals surface area contributed by atoms with E-state index >= 15 is 0 Å². The molecule has 0 atom stereocenters. The van der Waals surface area contributed by atoms with Crippen LogP contribution in [0, 0.1) is 0 Å². The SMILES string of the molecule is CC(C)n1nc(C(F)(F)F)c2c1CCNC2=O. The summed E-state index contributed by atoms with van der Waals surface area (Å²) >= 11 is 0. The first kappa shape index (κ1) is 11.9. The van der Waals surface area contributed by atoms with Crippen LogP contribution in [0.4, 0.5) is 13.2 Å². The van der Waals surface area contributed by atoms with Gasteiger partial charge in [0.25, 0.3) is 5.91 Å². The molecule has 1 aromatic heterocycles. The third-order valence-electron chi connectivity index (χ3n) is 2.64. The van der Waals surface area contributed by atoms with Gasteiger partial charge in [-0.2, -0.15) is 18.3 Å². The molecule has 1 aliphatic rings. The number of halogens is 3. The number of nitrogens with one attached hydrogen (secondary N) is 1. The summed E-state index contributed by atoms with van der Waals surface area (Å²) in [6, 6.07) is -0.203. The van der Waals surface area contributed by atoms with Crippen LogP contribution in [0.1, 0.15) is 41.6 Å². The van der Waals surface area contributed by atoms with Crippen molar-refractivity contribution in [3.8, 4) is 0 Å². The van der Waals surface area contributed by atoms with Crippen LogP contribution in [0.25, 0.3) is 0 Å². The van der Waals surface area contributed by atoms with E-state index in [0.717, 1.165) is 0 Å². The van der Waals surface area contributed by atoms with Gasteiger partial charge in [-0.05, 0) is 13.8 Å². The Kier molecular flexibility index (Phi) is 2.63. The second-order valence-electron chi connectivity index (χ2n) is 4.21. The maximum atomic E-state index is 12.8. The van der Waals surface area contributed by atoms with Crippen LogP contribution in [0.15, 0.2) is 0 Å². The summed E-state index contributed by atoms with van der Waals surface area (Å²) in [6.07, 6.45) is -4.22. The van der Waals surface area contributed by atoms with Crippen LogP contribution in [0.2, 0.25) is 0 Å². The highest BCUT2D eigenvalue weighted by Gasteiger charge is 2.42. The van der Waals surface area contributed by atoms with Crippen molar-refractivity contribution in [1.82, 2.24) is 15.1 Å². The molecule has 17 heavy (non-hydrogen) atoms. The third kappa shape index (κ3) is 1.89. The van der Waals surface area contributed by atoms with Gasteiger partial charge in [-0.25, -0.2) is 0 Å². The highest BCUT2D eigenvalue weighted by molar-refractivity contribution is 5.97. The number of hydrogen-bond donors (Lipinski definition) is 1. The molecule has 2 heterocycles. The van der Waals surface area contributed by atoms with Gasteiger partial charge in [0.1, 0.15) is 0 Å². The molecule has 0 fully saturated rings. The topological polar surface area (TPSA) is 46.9 Å². The number of rotatable bonds is 1. The second kappa shape index (κ2) is 3.75. The Balaban J connectivity index is 2.66. The van der Waals surface area contributed by atoms with Crippen LogP contribution in [0.5, 0.6) is 0 Å². The molecule has 2 rings (SSSR count). The van der Waals surface area contributed by atoms with Crippen LogP contribution >= 0.6 is 0 Å². The number of hydrogen-bond acceptors (Lipinski definition) is 2. The molecule has 0 aromatic carbocycles. The molecule has 0 bridgehead atoms. The lowest BCUT2D eigenvalue weighted by molar-refractivity contribution is -0.141. The Morgan fingerprint density at radius 3 is 2.59 bits per heavy atom. The lowest BCUT2D eigenvalue weighted by Crippen LogP contribution is -2.33. The predicted octanol–water partition coefficient (Wildman–Crippen LogP) is 1.77. The van der Waals surface area contributed by atoms with E-state index in [2.05, 4.69) is 10.4 Å². The van der Waals surface area contributed by atoms with E-state index in [0.29, 0.717) is 18.7 Å². The number of alkyl halides is 3. The summed E-state index contributed by atoms with van der Waals surface area (Å²) in [5, 5.41) is 5.95. The van der Waals surface area contributed by atoms with Crippen LogP contribution in [0.3, 0.4) is 0 Å². The first-order valence-electron chi connectivity index (χ1n) is 5.29. The smallest absolute Gasteiger partial charge is 0.352 e. The van der Waals surface area contributed by atoms with Crippen molar-refractivity contribution < 1.29 is 18.0 Å². The molecular formula is C10H12F3N3O. The summed E-state index contributed by atoms with van der Waals surface area (Å²) in [7, 11) is 0. The zero-order valence-electron chi connectivity index (χ0n) is 9.43. The molecule has 0 saturated carbocycles. The standard InChI is InChI=1S/C10H12F3N3O/c1-5(2)16-6-3-4-14-9(17)7(6)8(15-16)10(11,12)13/h5H,3-4H2,1-2H3,(H,14,17). The number of carbonyl (C=O) groups excluding carboxylic acids is 1. The summed E-state index contributed by atoms with van der Waals surface area (Å²) in [5.41, 5.74) is -1.04. The average molecular weight is 247 g/mol. The predicted molar refractivity (Wildman–Crippen MR) is 53.7 cm³/mol. The zero-order chi connectivity index (χ0) is 12.8. The fraction of sp³-hybridized carbons (Fsp3) is 0.600. The normalized spacial score (nSPS) is 16.0. The van der Waals surface area contributed by atoms with Crippen LogP contribution in [-0.2, 0) is 12.6 Å². The van der Waals surface area contributed by atoms with E-state index in [1.165, 1.54) is 4.68 Å². The first-order valence-corrected chi connectivity index (χ1v) is 5.29. The Morgan fingerprint density at radius 1 is 1.41 bits per heavy atom. The van der Waals surface area contributed by atoms with E-state index in [-0.39, 0.29) is 11.6 Å². The Hall–Kier alpha value is -1.53. The number of amides is 1. The lowest BCUT2D eigenvalue weighted by Gasteiger charge is -2.16. The van der Waals surface area contributed by atoms with E-state index < -0.39 is 17.8 Å². The van der Waals surface area contributed by atoms with E-state index in [9.17, 15) is 18.0 Å². The molecule has 7 heteroatoms. The minimum atomic E-state index is -4.60. The molecule has 94 valence electrons. The highest BCUT2D eigenvalue weighted by atomic mass is 19.4. The van der Waals surface area contributed by atoms with E-state index in [1.54, 1.807) is 13.8 Å². The molecule has 4 nitrogen and oxygen atoms in total. The summed E-state index contributed by atoms with van der Waals surface area (Å²) in [5.74, 6) is -0.689. The highest BCUT2D eigenvalue weighted by Crippen LogP contribution is 2.34. The van der Waals surface area contributed by atoms with E-state index in [4.69, 9.17) is 0 Å². The van der Waals surface area contributed by atoms with Crippen molar-refractivity contribution in [1.29, 1.82) is 0 Å². The van der Waals surface area contributed by atoms with Crippen LogP contribution in [-0.4, -0.2) is 22.2 Å². The second-order valence-corrected chi connectivity index (χ2v) is 4.21. The Bertz CT molecular complexity index is 462. The van der Waals surface area contributed by atoms with Crippen LogP contribution < -0.4 is 5.32 Å². The van der Waals surface area contributed by atoms with Gasteiger partial charge >= 0.3 is 6.18 Å². The first-order chi connectivity index (χ1) is 7.82. The zero-order valence-corrected chi connectivity index (χ0v) is 9.43. The Labute approximate surface area is 95.8 Å². The number of aromatic nitrogens is 2. The summed E-state index contributed by atoms with van der Waals surface area (Å²) < 4.78 is 39.6. The Morgan fingerprint density at radius 2 is 2.06 bits per heavy atom. The molecule has 0 radical (unpaired) electrons. The van der Waals surface area contributed by atoms with Gasteiger partial charge in [0.2, 0.25) is 0 Å². The van der Waals surface area contributed by atoms with Gasteiger partial charge in [-0.3, -0.25) is 9.48 Å². The van der Waals surface area contributed by atoms with Gasteiger partial charge in [0.05, 0.1) is 11.3 Å². The number of carbonyl (C=O) groups is 1. The minimum absolute atomic E-state index is 0.203. The fourth-order valence-electron chi connectivity index (χ4n) is 1.96. The molecule has 0 aliphatic carbocycles. The van der Waals surface area contributed by atoms with Gasteiger partial charge in [0, 0.05) is 19.0 Å². The molecular weight excluding hydrogens is 235 g/mol. The van der Waals surface area contributed by atoms with Crippen molar-refractivity contribution in [3.63, 3.8) is 0 Å². The van der Waals surface area contributed by atoms with Gasteiger partial charge in [-0.1, -0.05) is 0 Å². The van der Waals surface area contributed by atoms with E-state index in [1.807, 2.05) is 0 Å². The average Bonchev–Trinajstić information content (AvgIpc) is 2.57. The number of fused-ring (bicyclic) bond motifs is 1. The fourth-order valence-corrected chi connectivity index (χ4v) is 1.96. The lowest BCUT2D eigenvalue weighted by atomic mass is 10.1. The van der Waals surface area contributed by atoms with Gasteiger partial charge in [-0.15, -0.1) is 0 Å². The molecule has 1 N–H and O–H groups in total. The molecule has 1 amide bonds. The summed E-state index contributed by atoms with van der Waals surface area (Å²) in [4.78, 5) is 11.5. The van der Waals surface area contributed by atoms with Gasteiger partial charge in [0.15, 0.2) is 5.69 Å². The van der Waals surface area contributed by atoms with Gasteiger partial charge < -0.3 is 5.32 Å². The quantitative estimate of drug-likeness (QED) is 0.822. The summed E-state index contributed by atoms with van der Waals surface area (Å²) in [6.45, 7) is 3.82. The minimum Gasteiger partial charge on any atom is -0.352 e. The van der Waals surface area contributed by atoms with Crippen molar-refractivity contribution in [2.24, 2.45) is 0 Å². The van der Waals surface area contributed by atoms with Crippen molar-refractivity contribution in [3.05, 3.63) is 17.0 Å². The maximum absolute atomic E-state index is 12.8. The molecule has 0 unspecified atom stereocenters. The van der Waals surface area contributed by atoms with Crippen molar-refractivity contribution >= 4 is 5.91 Å². The van der Waals surface area contributed by atoms with Crippen molar-refractivity contribution in [2.75, 3.05) is 6.54 Å².